The van der Waals surface area contributed by atoms with Crippen molar-refractivity contribution in [3.05, 3.63) is 28.8 Å². The van der Waals surface area contributed by atoms with E-state index in [9.17, 15) is 0 Å². The monoisotopic (exact) mass is 250 g/mol. The Balaban J connectivity index is 2.27. The van der Waals surface area contributed by atoms with Gasteiger partial charge < -0.3 is 20.5 Å². The van der Waals surface area contributed by atoms with Crippen LogP contribution >= 0.6 is 0 Å². The van der Waals surface area contributed by atoms with Gasteiger partial charge in [0.2, 0.25) is 0 Å². The minimum atomic E-state index is -0.112. The molecule has 2 unspecified atom stereocenters. The normalized spacial score (nSPS) is 21.7. The number of aryl methyl sites for hydroxylation is 2. The van der Waals surface area contributed by atoms with Crippen LogP contribution in [-0.2, 0) is 4.74 Å². The Hall–Kier alpha value is -1.10. The number of ether oxygens (including phenoxy) is 2. The highest BCUT2D eigenvalue weighted by molar-refractivity contribution is 5.44. The fourth-order valence-electron chi connectivity index (χ4n) is 2.28. The molecule has 0 aromatic heterocycles. The first-order valence-corrected chi connectivity index (χ1v) is 6.35. The molecular formula is C14H22N2O2. The van der Waals surface area contributed by atoms with Gasteiger partial charge in [0.25, 0.3) is 0 Å². The van der Waals surface area contributed by atoms with Crippen LogP contribution in [0.15, 0.2) is 12.1 Å². The molecule has 1 aromatic rings. The summed E-state index contributed by atoms with van der Waals surface area (Å²) >= 11 is 0. The first-order valence-electron chi connectivity index (χ1n) is 6.35. The van der Waals surface area contributed by atoms with Crippen LogP contribution in [0, 0.1) is 13.8 Å². The second-order valence-corrected chi connectivity index (χ2v) is 4.84. The maximum Gasteiger partial charge on any atom is 0.123 e. The number of hydrogen-bond donors (Lipinski definition) is 2. The molecule has 0 radical (unpaired) electrons. The van der Waals surface area contributed by atoms with E-state index in [2.05, 4.69) is 25.2 Å². The summed E-state index contributed by atoms with van der Waals surface area (Å²) in [6, 6.07) is 4.21. The van der Waals surface area contributed by atoms with Crippen molar-refractivity contribution in [1.29, 1.82) is 0 Å². The second kappa shape index (κ2) is 5.69. The van der Waals surface area contributed by atoms with Crippen LogP contribution in [0.2, 0.25) is 0 Å². The van der Waals surface area contributed by atoms with Crippen molar-refractivity contribution >= 4 is 0 Å². The van der Waals surface area contributed by atoms with Crippen molar-refractivity contribution in [2.75, 3.05) is 26.9 Å². The SMILES string of the molecule is COc1cc(C)c(C)cc1C(N)C1COCCN1. The predicted molar refractivity (Wildman–Crippen MR) is 72.0 cm³/mol. The summed E-state index contributed by atoms with van der Waals surface area (Å²) in [5, 5.41) is 3.40. The van der Waals surface area contributed by atoms with E-state index in [0.29, 0.717) is 6.61 Å². The average molecular weight is 250 g/mol. The fourth-order valence-corrected chi connectivity index (χ4v) is 2.28. The molecule has 3 N–H and O–H groups in total. The van der Waals surface area contributed by atoms with Crippen LogP contribution in [0.25, 0.3) is 0 Å². The van der Waals surface area contributed by atoms with E-state index in [1.165, 1.54) is 11.1 Å². The van der Waals surface area contributed by atoms with E-state index in [1.54, 1.807) is 7.11 Å². The largest absolute Gasteiger partial charge is 0.496 e. The van der Waals surface area contributed by atoms with Gasteiger partial charge in [0.05, 0.1) is 26.4 Å². The molecule has 0 saturated carbocycles. The van der Waals surface area contributed by atoms with Crippen molar-refractivity contribution in [3.8, 4) is 5.75 Å². The Kier molecular flexibility index (Phi) is 4.22. The van der Waals surface area contributed by atoms with E-state index in [0.717, 1.165) is 24.5 Å². The molecule has 0 aliphatic carbocycles. The summed E-state index contributed by atoms with van der Waals surface area (Å²) in [6.07, 6.45) is 0. The van der Waals surface area contributed by atoms with Crippen molar-refractivity contribution < 1.29 is 9.47 Å². The van der Waals surface area contributed by atoms with Gasteiger partial charge in [0.1, 0.15) is 5.75 Å². The van der Waals surface area contributed by atoms with E-state index < -0.39 is 0 Å². The van der Waals surface area contributed by atoms with Crippen LogP contribution < -0.4 is 15.8 Å². The zero-order valence-corrected chi connectivity index (χ0v) is 11.3. The molecule has 4 nitrogen and oxygen atoms in total. The van der Waals surface area contributed by atoms with Crippen LogP contribution in [0.3, 0.4) is 0 Å². The molecule has 2 atom stereocenters. The number of nitrogens with two attached hydrogens (primary N) is 1. The molecule has 2 rings (SSSR count). The van der Waals surface area contributed by atoms with Crippen molar-refractivity contribution in [2.24, 2.45) is 5.73 Å². The Morgan fingerprint density at radius 1 is 1.39 bits per heavy atom. The number of benzene rings is 1. The number of methoxy groups -OCH3 is 1. The van der Waals surface area contributed by atoms with E-state index in [1.807, 2.05) is 6.07 Å². The molecule has 1 aliphatic rings. The Morgan fingerprint density at radius 2 is 2.11 bits per heavy atom. The van der Waals surface area contributed by atoms with Gasteiger partial charge in [-0.15, -0.1) is 0 Å². The molecule has 4 heteroatoms. The van der Waals surface area contributed by atoms with E-state index in [4.69, 9.17) is 15.2 Å². The maximum atomic E-state index is 6.34. The zero-order chi connectivity index (χ0) is 13.1. The summed E-state index contributed by atoms with van der Waals surface area (Å²) in [7, 11) is 1.69. The molecular weight excluding hydrogens is 228 g/mol. The lowest BCUT2D eigenvalue weighted by atomic mass is 9.95. The minimum Gasteiger partial charge on any atom is -0.496 e. The lowest BCUT2D eigenvalue weighted by Crippen LogP contribution is -2.47. The number of morpholine rings is 1. The Bertz CT molecular complexity index is 415. The second-order valence-electron chi connectivity index (χ2n) is 4.84. The van der Waals surface area contributed by atoms with Crippen LogP contribution in [0.5, 0.6) is 5.75 Å². The average Bonchev–Trinajstić information content (AvgIpc) is 2.41. The van der Waals surface area contributed by atoms with Gasteiger partial charge in [-0.2, -0.15) is 0 Å². The third-order valence-corrected chi connectivity index (χ3v) is 3.59. The number of nitrogens with one attached hydrogen (secondary N) is 1. The minimum absolute atomic E-state index is 0.112. The highest BCUT2D eigenvalue weighted by atomic mass is 16.5. The van der Waals surface area contributed by atoms with E-state index in [-0.39, 0.29) is 12.1 Å². The molecule has 18 heavy (non-hydrogen) atoms. The zero-order valence-electron chi connectivity index (χ0n) is 11.3. The third kappa shape index (κ3) is 2.66. The van der Waals surface area contributed by atoms with Gasteiger partial charge in [0.15, 0.2) is 0 Å². The highest BCUT2D eigenvalue weighted by Crippen LogP contribution is 2.29. The summed E-state index contributed by atoms with van der Waals surface area (Å²) in [5.74, 6) is 0.859. The molecule has 0 spiro atoms. The standard InChI is InChI=1S/C14H22N2O2/c1-9-6-11(13(17-3)7-10(9)2)14(15)12-8-18-5-4-16-12/h6-7,12,14,16H,4-5,8,15H2,1-3H3. The number of rotatable bonds is 3. The summed E-state index contributed by atoms with van der Waals surface area (Å²) in [6.45, 7) is 6.43. The van der Waals surface area contributed by atoms with Gasteiger partial charge in [0, 0.05) is 18.2 Å². The molecule has 0 bridgehead atoms. The van der Waals surface area contributed by atoms with Crippen LogP contribution in [-0.4, -0.2) is 32.9 Å². The summed E-state index contributed by atoms with van der Waals surface area (Å²) < 4.78 is 10.9. The molecule has 0 amide bonds. The third-order valence-electron chi connectivity index (χ3n) is 3.59. The fraction of sp³-hybridized carbons (Fsp3) is 0.571. The van der Waals surface area contributed by atoms with Crippen molar-refractivity contribution in [2.45, 2.75) is 25.9 Å². The first kappa shape index (κ1) is 13.3. The molecule has 1 fully saturated rings. The predicted octanol–water partition coefficient (Wildman–Crippen LogP) is 1.30. The van der Waals surface area contributed by atoms with Gasteiger partial charge in [-0.05, 0) is 31.0 Å². The smallest absolute Gasteiger partial charge is 0.123 e. The molecule has 1 aliphatic heterocycles. The van der Waals surface area contributed by atoms with Crippen molar-refractivity contribution in [3.63, 3.8) is 0 Å². The quantitative estimate of drug-likeness (QED) is 0.849. The topological polar surface area (TPSA) is 56.5 Å². The Labute approximate surface area is 108 Å². The highest BCUT2D eigenvalue weighted by Gasteiger charge is 2.24. The lowest BCUT2D eigenvalue weighted by Gasteiger charge is -2.30. The maximum absolute atomic E-state index is 6.34. The van der Waals surface area contributed by atoms with Crippen LogP contribution in [0.1, 0.15) is 22.7 Å². The molecule has 100 valence electrons. The molecule has 1 aromatic carbocycles. The Morgan fingerprint density at radius 3 is 2.72 bits per heavy atom. The molecule has 1 saturated heterocycles. The van der Waals surface area contributed by atoms with Gasteiger partial charge in [-0.3, -0.25) is 0 Å². The first-order chi connectivity index (χ1) is 8.63. The molecule has 1 heterocycles. The van der Waals surface area contributed by atoms with Gasteiger partial charge in [-0.1, -0.05) is 6.07 Å². The summed E-state index contributed by atoms with van der Waals surface area (Å²) in [5.41, 5.74) is 9.84. The van der Waals surface area contributed by atoms with Gasteiger partial charge >= 0.3 is 0 Å². The lowest BCUT2D eigenvalue weighted by molar-refractivity contribution is 0.0682. The van der Waals surface area contributed by atoms with Gasteiger partial charge in [-0.25, -0.2) is 0 Å². The van der Waals surface area contributed by atoms with Crippen molar-refractivity contribution in [1.82, 2.24) is 5.32 Å². The van der Waals surface area contributed by atoms with E-state index >= 15 is 0 Å². The summed E-state index contributed by atoms with van der Waals surface area (Å²) in [4.78, 5) is 0. The van der Waals surface area contributed by atoms with Crippen LogP contribution in [0.4, 0.5) is 0 Å². The number of hydrogen-bond acceptors (Lipinski definition) is 4.